The number of rotatable bonds is 2. The van der Waals surface area contributed by atoms with Crippen LogP contribution in [0.3, 0.4) is 0 Å². The zero-order valence-corrected chi connectivity index (χ0v) is 26.0. The van der Waals surface area contributed by atoms with Gasteiger partial charge in [-0.1, -0.05) is 86.7 Å². The molecule has 0 unspecified atom stereocenters. The van der Waals surface area contributed by atoms with Crippen molar-refractivity contribution < 1.29 is 0 Å². The first kappa shape index (κ1) is 26.0. The summed E-state index contributed by atoms with van der Waals surface area (Å²) in [6, 6.07) is 25.1. The van der Waals surface area contributed by atoms with E-state index in [1.54, 1.807) is 0 Å². The molecule has 44 heavy (non-hydrogen) atoms. The van der Waals surface area contributed by atoms with Gasteiger partial charge < -0.3 is 5.32 Å². The normalized spacial score (nSPS) is 17.5. The van der Waals surface area contributed by atoms with Crippen molar-refractivity contribution in [3.8, 4) is 32.8 Å². The van der Waals surface area contributed by atoms with Crippen LogP contribution in [0.5, 0.6) is 0 Å². The maximum absolute atomic E-state index is 4.91. The van der Waals surface area contributed by atoms with Crippen LogP contribution in [0.4, 0.5) is 0 Å². The molecule has 0 radical (unpaired) electrons. The number of thiophene rings is 1. The molecule has 0 bridgehead atoms. The summed E-state index contributed by atoms with van der Waals surface area (Å²) in [5.41, 5.74) is 16.0. The van der Waals surface area contributed by atoms with Crippen molar-refractivity contribution in [1.82, 2.24) is 10.3 Å². The number of nitrogens with one attached hydrogen (secondary N) is 1. The van der Waals surface area contributed by atoms with Crippen LogP contribution in [-0.4, -0.2) is 11.5 Å². The maximum Gasteiger partial charge on any atom is 0.0780 e. The molecular weight excluding hydrogens is 553 g/mol. The van der Waals surface area contributed by atoms with Gasteiger partial charge in [-0.05, 0) is 94.3 Å². The maximum atomic E-state index is 4.91. The minimum absolute atomic E-state index is 0.169. The minimum Gasteiger partial charge on any atom is -0.381 e. The van der Waals surface area contributed by atoms with Crippen LogP contribution < -0.4 is 5.32 Å². The number of dihydropyridines is 1. The molecule has 0 spiro atoms. The first-order valence-electron chi connectivity index (χ1n) is 15.9. The fourth-order valence-electron chi connectivity index (χ4n) is 7.90. The van der Waals surface area contributed by atoms with Gasteiger partial charge in [-0.15, -0.1) is 11.3 Å². The van der Waals surface area contributed by atoms with Crippen molar-refractivity contribution in [3.63, 3.8) is 0 Å². The van der Waals surface area contributed by atoms with Crippen molar-refractivity contribution in [2.45, 2.75) is 44.9 Å². The van der Waals surface area contributed by atoms with Gasteiger partial charge in [0.15, 0.2) is 0 Å². The summed E-state index contributed by atoms with van der Waals surface area (Å²) in [6.45, 7) is 5.72. The summed E-state index contributed by atoms with van der Waals surface area (Å²) in [6.07, 6.45) is 18.1. The molecule has 2 nitrogen and oxygen atoms in total. The van der Waals surface area contributed by atoms with E-state index in [1.807, 2.05) is 17.5 Å². The summed E-state index contributed by atoms with van der Waals surface area (Å²) in [7, 11) is 0. The predicted molar refractivity (Wildman–Crippen MR) is 187 cm³/mol. The van der Waals surface area contributed by atoms with E-state index in [0.29, 0.717) is 0 Å². The molecule has 0 amide bonds. The largest absolute Gasteiger partial charge is 0.381 e. The lowest BCUT2D eigenvalue weighted by Crippen LogP contribution is -2.22. The van der Waals surface area contributed by atoms with Gasteiger partial charge in [0, 0.05) is 55.7 Å². The number of allylic oxidation sites excluding steroid dienone is 5. The van der Waals surface area contributed by atoms with Crippen LogP contribution in [0.15, 0.2) is 108 Å². The molecule has 1 aliphatic heterocycles. The molecule has 3 heteroatoms. The van der Waals surface area contributed by atoms with E-state index >= 15 is 0 Å². The summed E-state index contributed by atoms with van der Waals surface area (Å²) in [4.78, 5) is 7.72. The molecule has 3 aromatic carbocycles. The SMILES string of the molecule is CC1(C)c2ccc(-c3nccc4ccccc34)cc2-c2sc3c(c2-c2cc(C4=C5C=CCCC5=CCN4)ccc21)CCC=C3. The third kappa shape index (κ3) is 3.82. The fourth-order valence-corrected chi connectivity index (χ4v) is 9.22. The fraction of sp³-hybridized carbons (Fsp3) is 0.195. The van der Waals surface area contributed by atoms with E-state index in [-0.39, 0.29) is 5.41 Å². The number of hydrogen-bond acceptors (Lipinski definition) is 3. The van der Waals surface area contributed by atoms with E-state index in [0.717, 1.165) is 37.9 Å². The lowest BCUT2D eigenvalue weighted by atomic mass is 9.74. The van der Waals surface area contributed by atoms with Crippen molar-refractivity contribution >= 4 is 33.9 Å². The van der Waals surface area contributed by atoms with Crippen molar-refractivity contribution in [1.29, 1.82) is 0 Å². The van der Waals surface area contributed by atoms with Crippen molar-refractivity contribution in [3.05, 3.63) is 136 Å². The first-order chi connectivity index (χ1) is 21.6. The van der Waals surface area contributed by atoms with E-state index < -0.39 is 0 Å². The Hall–Kier alpha value is -4.47. The Bertz CT molecular complexity index is 2140. The van der Waals surface area contributed by atoms with Crippen LogP contribution in [0.2, 0.25) is 0 Å². The molecule has 0 saturated heterocycles. The molecule has 9 rings (SSSR count). The van der Waals surface area contributed by atoms with Crippen LogP contribution in [-0.2, 0) is 11.8 Å². The lowest BCUT2D eigenvalue weighted by Gasteiger charge is -2.30. The monoisotopic (exact) mass is 586 g/mol. The molecule has 2 aromatic heterocycles. The topological polar surface area (TPSA) is 24.9 Å². The van der Waals surface area contributed by atoms with Gasteiger partial charge in [0.2, 0.25) is 0 Å². The Morgan fingerprint density at radius 2 is 1.61 bits per heavy atom. The number of aromatic nitrogens is 1. The van der Waals surface area contributed by atoms with Gasteiger partial charge in [-0.3, -0.25) is 4.98 Å². The Balaban J connectivity index is 1.31. The standard InChI is InChI=1S/C41H34N2S/c1-41(2)34-17-15-27(38-29-11-5-3-9-25(29)19-21-42-38)23-32(34)37-31-13-7-8-14-36(31)44-40(37)33-24-28(16-18-35(33)41)39-30-12-6-4-10-26(30)20-22-43-39/h4-6,8,10-12,14-20,22-24,42H,3,7,9,13,21H2,1-2H3. The number of pyridine rings is 1. The molecule has 0 atom stereocenters. The van der Waals surface area contributed by atoms with E-state index in [2.05, 4.69) is 116 Å². The second-order valence-corrected chi connectivity index (χ2v) is 14.0. The molecule has 214 valence electrons. The van der Waals surface area contributed by atoms with Crippen LogP contribution >= 0.6 is 11.3 Å². The van der Waals surface area contributed by atoms with E-state index in [1.165, 1.54) is 81.9 Å². The zero-order chi connectivity index (χ0) is 29.4. The van der Waals surface area contributed by atoms with Gasteiger partial charge in [-0.2, -0.15) is 0 Å². The Kier molecular flexibility index (Phi) is 5.77. The summed E-state index contributed by atoms with van der Waals surface area (Å²) >= 11 is 1.97. The van der Waals surface area contributed by atoms with E-state index in [4.69, 9.17) is 4.98 Å². The van der Waals surface area contributed by atoms with Gasteiger partial charge in [0.05, 0.1) is 5.69 Å². The molecule has 0 fully saturated rings. The van der Waals surface area contributed by atoms with Gasteiger partial charge in [-0.25, -0.2) is 0 Å². The highest BCUT2D eigenvalue weighted by atomic mass is 32.1. The molecular formula is C41H34N2S. The number of nitrogens with zero attached hydrogens (tertiary/aromatic N) is 1. The van der Waals surface area contributed by atoms with E-state index in [9.17, 15) is 0 Å². The Morgan fingerprint density at radius 3 is 2.55 bits per heavy atom. The van der Waals surface area contributed by atoms with Gasteiger partial charge >= 0.3 is 0 Å². The van der Waals surface area contributed by atoms with Crippen LogP contribution in [0.25, 0.3) is 55.4 Å². The van der Waals surface area contributed by atoms with Gasteiger partial charge in [0.1, 0.15) is 0 Å². The average molecular weight is 587 g/mol. The summed E-state index contributed by atoms with van der Waals surface area (Å²) in [5, 5.41) is 6.17. The number of hydrogen-bond donors (Lipinski definition) is 1. The molecule has 1 N–H and O–H groups in total. The second kappa shape index (κ2) is 9.77. The zero-order valence-electron chi connectivity index (χ0n) is 25.2. The van der Waals surface area contributed by atoms with Crippen molar-refractivity contribution in [2.24, 2.45) is 0 Å². The second-order valence-electron chi connectivity index (χ2n) is 13.0. The van der Waals surface area contributed by atoms with Crippen LogP contribution in [0.1, 0.15) is 60.2 Å². The van der Waals surface area contributed by atoms with Gasteiger partial charge in [0.25, 0.3) is 0 Å². The molecule has 4 aliphatic rings. The minimum atomic E-state index is -0.169. The predicted octanol–water partition coefficient (Wildman–Crippen LogP) is 10.5. The first-order valence-corrected chi connectivity index (χ1v) is 16.7. The molecule has 5 aromatic rings. The summed E-state index contributed by atoms with van der Waals surface area (Å²) < 4.78 is 0. The molecule has 3 aliphatic carbocycles. The highest BCUT2D eigenvalue weighted by molar-refractivity contribution is 7.17. The third-order valence-electron chi connectivity index (χ3n) is 10.1. The third-order valence-corrected chi connectivity index (χ3v) is 11.3. The number of fused-ring (bicyclic) bond motifs is 9. The molecule has 3 heterocycles. The smallest absolute Gasteiger partial charge is 0.0780 e. The van der Waals surface area contributed by atoms with Crippen LogP contribution in [0, 0.1) is 0 Å². The average Bonchev–Trinajstić information content (AvgIpc) is 3.44. The Morgan fingerprint density at radius 1 is 0.818 bits per heavy atom. The van der Waals surface area contributed by atoms with Crippen molar-refractivity contribution in [2.75, 3.05) is 6.54 Å². The highest BCUT2D eigenvalue weighted by Gasteiger charge is 2.37. The quantitative estimate of drug-likeness (QED) is 0.223. The lowest BCUT2D eigenvalue weighted by molar-refractivity contribution is 0.646. The molecule has 0 saturated carbocycles. The highest BCUT2D eigenvalue weighted by Crippen LogP contribution is 2.55. The summed E-state index contributed by atoms with van der Waals surface area (Å²) in [5.74, 6) is 0. The number of benzene rings is 3. The Labute approximate surface area is 263 Å².